The first-order valence-corrected chi connectivity index (χ1v) is 7.02. The van der Waals surface area contributed by atoms with Crippen molar-refractivity contribution in [3.05, 3.63) is 0 Å². The summed E-state index contributed by atoms with van der Waals surface area (Å²) >= 11 is 6.05. The molecule has 2 aliphatic carbocycles. The highest BCUT2D eigenvalue weighted by Crippen LogP contribution is 2.39. The number of hydrogen-bond acceptors (Lipinski definition) is 1. The van der Waals surface area contributed by atoms with Crippen LogP contribution in [0.4, 0.5) is 0 Å². The lowest BCUT2D eigenvalue weighted by Crippen LogP contribution is -2.52. The number of amides is 1. The molecule has 0 aliphatic heterocycles. The summed E-state index contributed by atoms with van der Waals surface area (Å²) in [6.45, 7) is 2.10. The normalized spacial score (nSPS) is 26.9. The van der Waals surface area contributed by atoms with Gasteiger partial charge in [-0.25, -0.2) is 0 Å². The predicted octanol–water partition coefficient (Wildman–Crippen LogP) is 3.23. The van der Waals surface area contributed by atoms with E-state index in [0.717, 1.165) is 25.7 Å². The van der Waals surface area contributed by atoms with E-state index in [1.165, 1.54) is 25.7 Å². The van der Waals surface area contributed by atoms with E-state index in [1.807, 2.05) is 0 Å². The maximum atomic E-state index is 12.3. The van der Waals surface area contributed by atoms with Crippen molar-refractivity contribution in [3.8, 4) is 0 Å². The van der Waals surface area contributed by atoms with Crippen LogP contribution in [0.15, 0.2) is 0 Å². The molecule has 0 atom stereocenters. The first-order valence-electron chi connectivity index (χ1n) is 6.49. The standard InChI is InChI=1S/C13H22ClNO/c1-12(6-2-3-7-12)11(16)15-13(10-14)8-4-5-9-13/h2-10H2,1H3,(H,15,16). The van der Waals surface area contributed by atoms with Crippen molar-refractivity contribution in [2.75, 3.05) is 5.88 Å². The van der Waals surface area contributed by atoms with E-state index in [-0.39, 0.29) is 16.9 Å². The molecule has 0 unspecified atom stereocenters. The SMILES string of the molecule is CC1(C(=O)NC2(CCl)CCCC2)CCCC1. The molecule has 0 bridgehead atoms. The van der Waals surface area contributed by atoms with Gasteiger partial charge < -0.3 is 5.32 Å². The minimum Gasteiger partial charge on any atom is -0.349 e. The van der Waals surface area contributed by atoms with Gasteiger partial charge >= 0.3 is 0 Å². The number of carbonyl (C=O) groups excluding carboxylic acids is 1. The molecule has 2 fully saturated rings. The van der Waals surface area contributed by atoms with E-state index in [2.05, 4.69) is 12.2 Å². The van der Waals surface area contributed by atoms with Gasteiger partial charge in [0.25, 0.3) is 0 Å². The molecule has 2 aliphatic rings. The second-order valence-corrected chi connectivity index (χ2v) is 6.11. The predicted molar refractivity (Wildman–Crippen MR) is 66.6 cm³/mol. The van der Waals surface area contributed by atoms with Gasteiger partial charge in [-0.3, -0.25) is 4.79 Å². The molecule has 0 saturated heterocycles. The summed E-state index contributed by atoms with van der Waals surface area (Å²) in [6.07, 6.45) is 8.97. The molecule has 1 amide bonds. The maximum absolute atomic E-state index is 12.3. The van der Waals surface area contributed by atoms with Crippen molar-refractivity contribution in [1.82, 2.24) is 5.32 Å². The van der Waals surface area contributed by atoms with Gasteiger partial charge in [0.2, 0.25) is 5.91 Å². The van der Waals surface area contributed by atoms with E-state index in [4.69, 9.17) is 11.6 Å². The Kier molecular flexibility index (Phi) is 3.48. The summed E-state index contributed by atoms with van der Waals surface area (Å²) < 4.78 is 0. The average molecular weight is 244 g/mol. The Bertz CT molecular complexity index is 265. The lowest BCUT2D eigenvalue weighted by Gasteiger charge is -2.33. The van der Waals surface area contributed by atoms with Gasteiger partial charge in [0.1, 0.15) is 0 Å². The summed E-state index contributed by atoms with van der Waals surface area (Å²) in [4.78, 5) is 12.3. The van der Waals surface area contributed by atoms with Gasteiger partial charge in [-0.1, -0.05) is 32.6 Å². The summed E-state index contributed by atoms with van der Waals surface area (Å²) in [5.41, 5.74) is -0.216. The van der Waals surface area contributed by atoms with E-state index >= 15 is 0 Å². The van der Waals surface area contributed by atoms with E-state index in [1.54, 1.807) is 0 Å². The Hall–Kier alpha value is -0.240. The van der Waals surface area contributed by atoms with E-state index < -0.39 is 0 Å². The minimum absolute atomic E-state index is 0.0930. The second-order valence-electron chi connectivity index (χ2n) is 5.84. The van der Waals surface area contributed by atoms with Crippen LogP contribution in [0, 0.1) is 5.41 Å². The highest BCUT2D eigenvalue weighted by Gasteiger charge is 2.41. The van der Waals surface area contributed by atoms with Crippen molar-refractivity contribution in [1.29, 1.82) is 0 Å². The Labute approximate surface area is 103 Å². The largest absolute Gasteiger partial charge is 0.349 e. The molecule has 2 nitrogen and oxygen atoms in total. The smallest absolute Gasteiger partial charge is 0.226 e. The van der Waals surface area contributed by atoms with Crippen LogP contribution in [-0.2, 0) is 4.79 Å². The number of alkyl halides is 1. The first-order chi connectivity index (χ1) is 7.60. The van der Waals surface area contributed by atoms with Crippen LogP contribution >= 0.6 is 11.6 Å². The fraction of sp³-hybridized carbons (Fsp3) is 0.923. The number of rotatable bonds is 3. The van der Waals surface area contributed by atoms with Gasteiger partial charge in [-0.2, -0.15) is 0 Å². The Morgan fingerprint density at radius 2 is 1.62 bits per heavy atom. The molecule has 92 valence electrons. The van der Waals surface area contributed by atoms with Crippen LogP contribution < -0.4 is 5.32 Å². The van der Waals surface area contributed by atoms with Crippen molar-refractivity contribution in [2.45, 2.75) is 63.8 Å². The summed E-state index contributed by atoms with van der Waals surface area (Å²) in [5.74, 6) is 0.807. The fourth-order valence-corrected chi connectivity index (χ4v) is 3.45. The van der Waals surface area contributed by atoms with Crippen LogP contribution in [0.1, 0.15) is 58.3 Å². The fourth-order valence-electron chi connectivity index (χ4n) is 3.12. The zero-order chi connectivity index (χ0) is 11.6. The van der Waals surface area contributed by atoms with Crippen LogP contribution in [0.25, 0.3) is 0 Å². The monoisotopic (exact) mass is 243 g/mol. The average Bonchev–Trinajstić information content (AvgIpc) is 2.89. The Morgan fingerprint density at radius 3 is 2.12 bits per heavy atom. The van der Waals surface area contributed by atoms with E-state index in [0.29, 0.717) is 5.88 Å². The van der Waals surface area contributed by atoms with Crippen LogP contribution in [0.3, 0.4) is 0 Å². The van der Waals surface area contributed by atoms with Crippen molar-refractivity contribution in [3.63, 3.8) is 0 Å². The topological polar surface area (TPSA) is 29.1 Å². The quantitative estimate of drug-likeness (QED) is 0.758. The van der Waals surface area contributed by atoms with Gasteiger partial charge in [0, 0.05) is 11.3 Å². The second kappa shape index (κ2) is 4.56. The van der Waals surface area contributed by atoms with Crippen molar-refractivity contribution >= 4 is 17.5 Å². The van der Waals surface area contributed by atoms with Crippen LogP contribution in [0.2, 0.25) is 0 Å². The molecular formula is C13H22ClNO. The molecule has 0 radical (unpaired) electrons. The highest BCUT2D eigenvalue weighted by atomic mass is 35.5. The third-order valence-corrected chi connectivity index (χ3v) is 4.96. The number of nitrogens with one attached hydrogen (secondary N) is 1. The molecule has 16 heavy (non-hydrogen) atoms. The van der Waals surface area contributed by atoms with Gasteiger partial charge in [-0.05, 0) is 25.7 Å². The lowest BCUT2D eigenvalue weighted by atomic mass is 9.86. The number of hydrogen-bond donors (Lipinski definition) is 1. The van der Waals surface area contributed by atoms with Crippen molar-refractivity contribution < 1.29 is 4.79 Å². The van der Waals surface area contributed by atoms with Gasteiger partial charge in [-0.15, -0.1) is 11.6 Å². The molecule has 0 aromatic carbocycles. The molecule has 2 saturated carbocycles. The molecule has 0 heterocycles. The maximum Gasteiger partial charge on any atom is 0.226 e. The molecule has 2 rings (SSSR count). The molecular weight excluding hydrogens is 222 g/mol. The number of carbonyl (C=O) groups is 1. The lowest BCUT2D eigenvalue weighted by molar-refractivity contribution is -0.131. The summed E-state index contributed by atoms with van der Waals surface area (Å²) in [5, 5.41) is 3.25. The van der Waals surface area contributed by atoms with E-state index in [9.17, 15) is 4.79 Å². The van der Waals surface area contributed by atoms with Gasteiger partial charge in [0.15, 0.2) is 0 Å². The Balaban J connectivity index is 2.00. The third-order valence-electron chi connectivity index (χ3n) is 4.45. The molecule has 3 heteroatoms. The molecule has 1 N–H and O–H groups in total. The minimum atomic E-state index is -0.123. The zero-order valence-corrected chi connectivity index (χ0v) is 10.9. The van der Waals surface area contributed by atoms with Crippen LogP contribution in [-0.4, -0.2) is 17.3 Å². The summed E-state index contributed by atoms with van der Waals surface area (Å²) in [7, 11) is 0. The first kappa shape index (κ1) is 12.2. The molecule has 0 aromatic rings. The number of halogens is 1. The van der Waals surface area contributed by atoms with Crippen LogP contribution in [0.5, 0.6) is 0 Å². The Morgan fingerprint density at radius 1 is 1.12 bits per heavy atom. The van der Waals surface area contributed by atoms with Gasteiger partial charge in [0.05, 0.1) is 5.54 Å². The highest BCUT2D eigenvalue weighted by molar-refractivity contribution is 6.18. The molecule has 0 aromatic heterocycles. The third kappa shape index (κ3) is 2.22. The summed E-state index contributed by atoms with van der Waals surface area (Å²) in [6, 6.07) is 0. The van der Waals surface area contributed by atoms with Crippen molar-refractivity contribution in [2.24, 2.45) is 5.41 Å². The molecule has 0 spiro atoms. The zero-order valence-electron chi connectivity index (χ0n) is 10.2.